The Morgan fingerprint density at radius 2 is 1.81 bits per heavy atom. The number of methoxy groups -OCH3 is 1. The van der Waals surface area contributed by atoms with Gasteiger partial charge < -0.3 is 16.2 Å². The lowest BCUT2D eigenvalue weighted by atomic mass is 10.0. The van der Waals surface area contributed by atoms with Gasteiger partial charge in [-0.2, -0.15) is 0 Å². The predicted octanol–water partition coefficient (Wildman–Crippen LogP) is 4.51. The van der Waals surface area contributed by atoms with Crippen LogP contribution in [0.3, 0.4) is 0 Å². The molecule has 0 spiro atoms. The number of nitrogens with one attached hydrogen (secondary N) is 1. The van der Waals surface area contributed by atoms with Crippen molar-refractivity contribution in [3.8, 4) is 22.6 Å². The minimum Gasteiger partial charge on any atom is -0.495 e. The molecule has 0 radical (unpaired) electrons. The van der Waals surface area contributed by atoms with Crippen LogP contribution in [0.4, 0.5) is 0 Å². The Balaban J connectivity index is 1.77. The van der Waals surface area contributed by atoms with Crippen LogP contribution >= 0.6 is 11.6 Å². The number of allylic oxidation sites excluding steroid dienone is 2. The van der Waals surface area contributed by atoms with Gasteiger partial charge in [0.25, 0.3) is 5.56 Å². The van der Waals surface area contributed by atoms with E-state index in [1.807, 2.05) is 43.3 Å². The summed E-state index contributed by atoms with van der Waals surface area (Å²) in [5, 5.41) is 1.43. The molecule has 1 unspecified atom stereocenters. The molecule has 0 aliphatic carbocycles. The van der Waals surface area contributed by atoms with E-state index >= 15 is 0 Å². The van der Waals surface area contributed by atoms with Crippen molar-refractivity contribution in [3.63, 3.8) is 0 Å². The van der Waals surface area contributed by atoms with Crippen molar-refractivity contribution < 1.29 is 8.95 Å². The van der Waals surface area contributed by atoms with Crippen molar-refractivity contribution in [2.24, 2.45) is 11.5 Å². The molecule has 5 N–H and O–H groups in total. The van der Waals surface area contributed by atoms with Gasteiger partial charge in [-0.15, -0.1) is 0 Å². The zero-order chi connectivity index (χ0) is 25.8. The van der Waals surface area contributed by atoms with E-state index in [0.717, 1.165) is 22.1 Å². The van der Waals surface area contributed by atoms with Gasteiger partial charge in [-0.25, -0.2) is 4.21 Å². The molecular weight excluding hydrogens is 496 g/mol. The molecule has 36 heavy (non-hydrogen) atoms. The van der Waals surface area contributed by atoms with Crippen LogP contribution in [-0.2, 0) is 11.0 Å². The molecule has 1 atom stereocenters. The molecule has 1 aromatic heterocycles. The monoisotopic (exact) mass is 520 g/mol. The molecule has 0 aliphatic heterocycles. The van der Waals surface area contributed by atoms with Crippen LogP contribution in [0.15, 0.2) is 101 Å². The zero-order valence-electron chi connectivity index (χ0n) is 19.7. The van der Waals surface area contributed by atoms with Crippen LogP contribution in [0.25, 0.3) is 27.7 Å². The summed E-state index contributed by atoms with van der Waals surface area (Å²) >= 11 is 6.18. The summed E-state index contributed by atoms with van der Waals surface area (Å²) in [6.07, 6.45) is 4.37. The lowest BCUT2D eigenvalue weighted by Crippen LogP contribution is -2.22. The minimum absolute atomic E-state index is 0.209. The van der Waals surface area contributed by atoms with Gasteiger partial charge >= 0.3 is 0 Å². The zero-order valence-corrected chi connectivity index (χ0v) is 21.3. The number of ether oxygens (including phenoxy) is 1. The van der Waals surface area contributed by atoms with Gasteiger partial charge in [0.1, 0.15) is 11.6 Å². The molecule has 4 rings (SSSR count). The molecule has 3 aromatic carbocycles. The number of pyridine rings is 1. The molecule has 0 aliphatic rings. The van der Waals surface area contributed by atoms with E-state index in [4.69, 9.17) is 27.8 Å². The number of nitrogens with two attached hydrogens (primary N) is 2. The summed E-state index contributed by atoms with van der Waals surface area (Å²) in [5.41, 5.74) is 15.0. The quantitative estimate of drug-likeness (QED) is 0.310. The highest BCUT2D eigenvalue weighted by Crippen LogP contribution is 2.32. The minimum atomic E-state index is -1.60. The molecule has 0 saturated carbocycles. The molecule has 0 saturated heterocycles. The van der Waals surface area contributed by atoms with E-state index in [2.05, 4.69) is 4.72 Å². The fraction of sp³-hybridized carbons (Fsp3) is 0.0741. The fourth-order valence-corrected chi connectivity index (χ4v) is 4.76. The van der Waals surface area contributed by atoms with E-state index in [1.54, 1.807) is 35.9 Å². The first-order chi connectivity index (χ1) is 17.3. The second-order valence-electron chi connectivity index (χ2n) is 7.96. The van der Waals surface area contributed by atoms with Crippen molar-refractivity contribution >= 4 is 33.5 Å². The SMILES string of the molecule is COc1cc(-c2ccc(Cl)c(C)c2)ccc1-n1c(=O)ccc2cc(S(=O)N/C(N)=C/C=C\N)ccc21. The van der Waals surface area contributed by atoms with Crippen molar-refractivity contribution in [1.82, 2.24) is 9.29 Å². The Hall–Kier alpha value is -4.01. The standard InChI is InChI=1S/C27H25ClN4O3S/c1-17-14-18(5-9-22(17)28)19-6-10-24(25(16-19)35-2)32-23-11-8-21(15-20(23)7-12-27(32)33)36(34)31-26(30)4-3-13-29/h3-16,31H,29-30H2,1-2H3/b13-3-,26-4+. The molecule has 0 bridgehead atoms. The summed E-state index contributed by atoms with van der Waals surface area (Å²) in [4.78, 5) is 13.5. The Labute approximate surface area is 216 Å². The van der Waals surface area contributed by atoms with E-state index in [0.29, 0.717) is 26.9 Å². The molecule has 7 nitrogen and oxygen atoms in total. The highest BCUT2D eigenvalue weighted by Gasteiger charge is 2.14. The van der Waals surface area contributed by atoms with Crippen LogP contribution in [0.5, 0.6) is 5.75 Å². The topological polar surface area (TPSA) is 112 Å². The number of rotatable bonds is 7. The van der Waals surface area contributed by atoms with Gasteiger partial charge in [0.2, 0.25) is 0 Å². The molecular formula is C27H25ClN4O3S. The lowest BCUT2D eigenvalue weighted by Gasteiger charge is -2.16. The highest BCUT2D eigenvalue weighted by molar-refractivity contribution is 7.83. The van der Waals surface area contributed by atoms with Gasteiger partial charge in [0.15, 0.2) is 11.0 Å². The van der Waals surface area contributed by atoms with Crippen molar-refractivity contribution in [3.05, 3.63) is 112 Å². The van der Waals surface area contributed by atoms with Gasteiger partial charge in [-0.1, -0.05) is 23.7 Å². The third-order valence-corrected chi connectivity index (χ3v) is 7.12. The summed E-state index contributed by atoms with van der Waals surface area (Å²) in [7, 11) is -0.0369. The Morgan fingerprint density at radius 3 is 2.53 bits per heavy atom. The second kappa shape index (κ2) is 10.7. The van der Waals surface area contributed by atoms with Crippen molar-refractivity contribution in [1.29, 1.82) is 0 Å². The molecule has 184 valence electrons. The number of halogens is 1. The smallest absolute Gasteiger partial charge is 0.255 e. The maximum Gasteiger partial charge on any atom is 0.255 e. The lowest BCUT2D eigenvalue weighted by molar-refractivity contribution is 0.413. The Kier molecular flexibility index (Phi) is 7.47. The summed E-state index contributed by atoms with van der Waals surface area (Å²) in [6, 6.07) is 19.8. The van der Waals surface area contributed by atoms with Gasteiger partial charge in [0.05, 0.1) is 23.2 Å². The number of benzene rings is 3. The second-order valence-corrected chi connectivity index (χ2v) is 9.58. The van der Waals surface area contributed by atoms with Gasteiger partial charge in [0, 0.05) is 16.5 Å². The van der Waals surface area contributed by atoms with Crippen LogP contribution in [0.1, 0.15) is 5.56 Å². The predicted molar refractivity (Wildman–Crippen MR) is 146 cm³/mol. The van der Waals surface area contributed by atoms with Crippen molar-refractivity contribution in [2.45, 2.75) is 11.8 Å². The van der Waals surface area contributed by atoms with E-state index in [9.17, 15) is 9.00 Å². The summed E-state index contributed by atoms with van der Waals surface area (Å²) < 4.78 is 22.7. The van der Waals surface area contributed by atoms with Crippen LogP contribution in [0.2, 0.25) is 5.02 Å². The fourth-order valence-electron chi connectivity index (χ4n) is 3.81. The van der Waals surface area contributed by atoms with Crippen LogP contribution < -0.4 is 26.5 Å². The average molecular weight is 521 g/mol. The number of aromatic nitrogens is 1. The number of hydrogen-bond acceptors (Lipinski definition) is 5. The van der Waals surface area contributed by atoms with E-state index < -0.39 is 11.0 Å². The normalized spacial score (nSPS) is 12.7. The molecule has 0 fully saturated rings. The summed E-state index contributed by atoms with van der Waals surface area (Å²) in [5.74, 6) is 0.746. The molecule has 4 aromatic rings. The summed E-state index contributed by atoms with van der Waals surface area (Å²) in [6.45, 7) is 1.95. The van der Waals surface area contributed by atoms with Gasteiger partial charge in [-0.3, -0.25) is 14.1 Å². The van der Waals surface area contributed by atoms with Crippen LogP contribution in [0, 0.1) is 6.92 Å². The third-order valence-electron chi connectivity index (χ3n) is 5.59. The number of aryl methyl sites for hydroxylation is 1. The van der Waals surface area contributed by atoms with E-state index in [-0.39, 0.29) is 11.4 Å². The molecule has 9 heteroatoms. The van der Waals surface area contributed by atoms with Crippen LogP contribution in [-0.4, -0.2) is 15.9 Å². The first kappa shape index (κ1) is 25.1. The molecule has 0 amide bonds. The first-order valence-corrected chi connectivity index (χ1v) is 12.5. The number of hydrogen-bond donors (Lipinski definition) is 3. The number of fused-ring (bicyclic) bond motifs is 1. The van der Waals surface area contributed by atoms with Crippen molar-refractivity contribution in [2.75, 3.05) is 7.11 Å². The maximum absolute atomic E-state index is 13.0. The first-order valence-electron chi connectivity index (χ1n) is 11.0. The third kappa shape index (κ3) is 5.15. The highest BCUT2D eigenvalue weighted by atomic mass is 35.5. The van der Waals surface area contributed by atoms with Gasteiger partial charge in [-0.05, 0) is 90.5 Å². The number of nitrogens with zero attached hydrogens (tertiary/aromatic N) is 1. The Morgan fingerprint density at radius 1 is 1.06 bits per heavy atom. The largest absolute Gasteiger partial charge is 0.495 e. The Bertz CT molecular complexity index is 1590. The molecule has 1 heterocycles. The maximum atomic E-state index is 13.0. The van der Waals surface area contributed by atoms with E-state index in [1.165, 1.54) is 24.4 Å². The average Bonchev–Trinajstić information content (AvgIpc) is 2.88.